The van der Waals surface area contributed by atoms with Gasteiger partial charge in [-0.15, -0.1) is 0 Å². The first-order valence-electron chi connectivity index (χ1n) is 8.75. The first-order valence-corrected chi connectivity index (χ1v) is 8.75. The van der Waals surface area contributed by atoms with Gasteiger partial charge >= 0.3 is 6.03 Å². The van der Waals surface area contributed by atoms with Gasteiger partial charge in [0, 0.05) is 42.5 Å². The van der Waals surface area contributed by atoms with Gasteiger partial charge in [-0.3, -0.25) is 0 Å². The second-order valence-electron chi connectivity index (χ2n) is 6.20. The van der Waals surface area contributed by atoms with Gasteiger partial charge in [0.15, 0.2) is 5.65 Å². The van der Waals surface area contributed by atoms with E-state index in [0.29, 0.717) is 19.7 Å². The van der Waals surface area contributed by atoms with Crippen LogP contribution in [0.4, 0.5) is 10.5 Å². The first kappa shape index (κ1) is 16.3. The summed E-state index contributed by atoms with van der Waals surface area (Å²) in [7, 11) is 0. The lowest BCUT2D eigenvalue weighted by molar-refractivity contribution is 0.206. The van der Waals surface area contributed by atoms with Crippen LogP contribution in [0.3, 0.4) is 0 Å². The minimum absolute atomic E-state index is 0.105. The third-order valence-corrected chi connectivity index (χ3v) is 4.44. The normalized spacial score (nSPS) is 13.3. The summed E-state index contributed by atoms with van der Waals surface area (Å²) in [6, 6.07) is 13.3. The van der Waals surface area contributed by atoms with Crippen LogP contribution in [0.5, 0.6) is 5.75 Å². The number of nitrogens with one attached hydrogen (secondary N) is 1. The molecule has 2 aromatic heterocycles. The van der Waals surface area contributed by atoms with Crippen LogP contribution < -0.4 is 10.1 Å². The van der Waals surface area contributed by atoms with Crippen molar-refractivity contribution in [3.63, 3.8) is 0 Å². The summed E-state index contributed by atoms with van der Waals surface area (Å²) in [6.07, 6.45) is 2.49. The Kier molecular flexibility index (Phi) is 4.39. The van der Waals surface area contributed by atoms with Crippen molar-refractivity contribution in [3.05, 3.63) is 59.9 Å². The third-order valence-electron chi connectivity index (χ3n) is 4.44. The topological polar surface area (TPSA) is 67.3 Å². The van der Waals surface area contributed by atoms with E-state index >= 15 is 0 Å². The number of urea groups is 1. The molecule has 0 atom stereocenters. The largest absolute Gasteiger partial charge is 0.494 e. The smallest absolute Gasteiger partial charge is 0.322 e. The lowest BCUT2D eigenvalue weighted by atomic mass is 10.0. The van der Waals surface area contributed by atoms with E-state index in [-0.39, 0.29) is 6.03 Å². The Morgan fingerprint density at radius 1 is 1.27 bits per heavy atom. The van der Waals surface area contributed by atoms with Crippen LogP contribution in [0.2, 0.25) is 0 Å². The maximum atomic E-state index is 12.6. The Balaban J connectivity index is 1.47. The van der Waals surface area contributed by atoms with E-state index in [4.69, 9.17) is 4.74 Å². The number of hydrogen-bond donors (Lipinski definition) is 1. The maximum Gasteiger partial charge on any atom is 0.322 e. The van der Waals surface area contributed by atoms with Crippen LogP contribution in [0.25, 0.3) is 11.0 Å². The van der Waals surface area contributed by atoms with Gasteiger partial charge in [-0.25, -0.2) is 14.8 Å². The molecule has 6 nitrogen and oxygen atoms in total. The monoisotopic (exact) mass is 348 g/mol. The standard InChI is InChI=1S/C20H20N4O2/c1-2-26-17-7-5-16(6-8-17)22-20(25)24-11-9-18-15(13-24)12-14-4-3-10-21-19(14)23-18/h3-8,10,12H,2,9,11,13H2,1H3,(H,22,25). The molecule has 1 aliphatic heterocycles. The molecular weight excluding hydrogens is 328 g/mol. The number of benzene rings is 1. The molecule has 0 bridgehead atoms. The Morgan fingerprint density at radius 2 is 2.12 bits per heavy atom. The van der Waals surface area contributed by atoms with Crippen molar-refractivity contribution in [2.75, 3.05) is 18.5 Å². The highest BCUT2D eigenvalue weighted by Crippen LogP contribution is 2.22. The summed E-state index contributed by atoms with van der Waals surface area (Å²) < 4.78 is 5.42. The van der Waals surface area contributed by atoms with Gasteiger partial charge in [-0.2, -0.15) is 0 Å². The number of fused-ring (bicyclic) bond motifs is 2. The van der Waals surface area contributed by atoms with Gasteiger partial charge < -0.3 is 15.0 Å². The van der Waals surface area contributed by atoms with E-state index in [9.17, 15) is 4.79 Å². The van der Waals surface area contributed by atoms with Crippen LogP contribution in [0, 0.1) is 0 Å². The van der Waals surface area contributed by atoms with E-state index in [2.05, 4.69) is 21.4 Å². The van der Waals surface area contributed by atoms with Crippen molar-refractivity contribution in [2.45, 2.75) is 19.9 Å². The molecule has 3 aromatic rings. The fraction of sp³-hybridized carbons (Fsp3) is 0.250. The van der Waals surface area contributed by atoms with Gasteiger partial charge in [0.25, 0.3) is 0 Å². The second-order valence-corrected chi connectivity index (χ2v) is 6.20. The highest BCUT2D eigenvalue weighted by Gasteiger charge is 2.22. The number of anilines is 1. The van der Waals surface area contributed by atoms with E-state index in [1.165, 1.54) is 0 Å². The van der Waals surface area contributed by atoms with Gasteiger partial charge in [0.1, 0.15) is 5.75 Å². The number of aromatic nitrogens is 2. The highest BCUT2D eigenvalue weighted by atomic mass is 16.5. The Labute approximate surface area is 151 Å². The molecule has 0 fully saturated rings. The molecule has 4 rings (SSSR count). The second kappa shape index (κ2) is 7.00. The summed E-state index contributed by atoms with van der Waals surface area (Å²) in [5, 5.41) is 3.95. The van der Waals surface area contributed by atoms with Crippen molar-refractivity contribution >= 4 is 22.8 Å². The van der Waals surface area contributed by atoms with Crippen LogP contribution in [-0.2, 0) is 13.0 Å². The zero-order chi connectivity index (χ0) is 17.9. The van der Waals surface area contributed by atoms with Crippen molar-refractivity contribution < 1.29 is 9.53 Å². The van der Waals surface area contributed by atoms with Gasteiger partial charge in [-0.05, 0) is 55.0 Å². The number of pyridine rings is 2. The highest BCUT2D eigenvalue weighted by molar-refractivity contribution is 5.89. The Hall–Kier alpha value is -3.15. The molecular formula is C20H20N4O2. The van der Waals surface area contributed by atoms with E-state index < -0.39 is 0 Å². The number of ether oxygens (including phenoxy) is 1. The first-order chi connectivity index (χ1) is 12.7. The molecule has 0 radical (unpaired) electrons. The number of amides is 2. The van der Waals surface area contributed by atoms with Crippen molar-refractivity contribution in [1.29, 1.82) is 0 Å². The SMILES string of the molecule is CCOc1ccc(NC(=O)N2CCc3nc4ncccc4cc3C2)cc1. The lowest BCUT2D eigenvalue weighted by Gasteiger charge is -2.28. The average Bonchev–Trinajstić information content (AvgIpc) is 2.67. The molecule has 0 saturated heterocycles. The molecule has 6 heteroatoms. The number of hydrogen-bond acceptors (Lipinski definition) is 4. The summed E-state index contributed by atoms with van der Waals surface area (Å²) >= 11 is 0. The van der Waals surface area contributed by atoms with E-state index in [1.54, 1.807) is 6.20 Å². The molecule has 3 heterocycles. The van der Waals surface area contributed by atoms with E-state index in [0.717, 1.165) is 40.1 Å². The number of carbonyl (C=O) groups excluding carboxylic acids is 1. The lowest BCUT2D eigenvalue weighted by Crippen LogP contribution is -2.39. The fourth-order valence-electron chi connectivity index (χ4n) is 3.14. The number of nitrogens with zero attached hydrogens (tertiary/aromatic N) is 3. The predicted octanol–water partition coefficient (Wildman–Crippen LogP) is 3.62. The Bertz CT molecular complexity index is 940. The molecule has 26 heavy (non-hydrogen) atoms. The predicted molar refractivity (Wildman–Crippen MR) is 100 cm³/mol. The fourth-order valence-corrected chi connectivity index (χ4v) is 3.14. The minimum atomic E-state index is -0.105. The van der Waals surface area contributed by atoms with Crippen LogP contribution in [-0.4, -0.2) is 34.1 Å². The maximum absolute atomic E-state index is 12.6. The molecule has 1 aromatic carbocycles. The molecule has 0 saturated carbocycles. The van der Waals surface area contributed by atoms with Gasteiger partial charge in [0.05, 0.1) is 6.61 Å². The summed E-state index contributed by atoms with van der Waals surface area (Å²) in [4.78, 5) is 23.4. The quantitative estimate of drug-likeness (QED) is 0.785. The van der Waals surface area contributed by atoms with Crippen molar-refractivity contribution in [3.8, 4) is 5.75 Å². The molecule has 0 unspecified atom stereocenters. The zero-order valence-corrected chi connectivity index (χ0v) is 14.6. The molecule has 0 spiro atoms. The van der Waals surface area contributed by atoms with Gasteiger partial charge in [0.2, 0.25) is 0 Å². The zero-order valence-electron chi connectivity index (χ0n) is 14.6. The minimum Gasteiger partial charge on any atom is -0.494 e. The van der Waals surface area contributed by atoms with Crippen molar-refractivity contribution in [2.24, 2.45) is 0 Å². The van der Waals surface area contributed by atoms with Crippen LogP contribution >= 0.6 is 0 Å². The van der Waals surface area contributed by atoms with E-state index in [1.807, 2.05) is 48.2 Å². The molecule has 2 amide bonds. The molecule has 1 N–H and O–H groups in total. The summed E-state index contributed by atoms with van der Waals surface area (Å²) in [5.41, 5.74) is 3.63. The van der Waals surface area contributed by atoms with Gasteiger partial charge in [-0.1, -0.05) is 0 Å². The summed E-state index contributed by atoms with van der Waals surface area (Å²) in [6.45, 7) is 3.76. The molecule has 1 aliphatic rings. The van der Waals surface area contributed by atoms with Crippen LogP contribution in [0.15, 0.2) is 48.7 Å². The average molecular weight is 348 g/mol. The number of carbonyl (C=O) groups is 1. The summed E-state index contributed by atoms with van der Waals surface area (Å²) in [5.74, 6) is 0.795. The number of rotatable bonds is 3. The molecule has 132 valence electrons. The Morgan fingerprint density at radius 3 is 2.92 bits per heavy atom. The molecule has 0 aliphatic carbocycles. The third kappa shape index (κ3) is 3.31. The van der Waals surface area contributed by atoms with Crippen LogP contribution in [0.1, 0.15) is 18.2 Å². The van der Waals surface area contributed by atoms with Crippen molar-refractivity contribution in [1.82, 2.24) is 14.9 Å².